The van der Waals surface area contributed by atoms with E-state index in [1.165, 1.54) is 7.11 Å². The molecule has 0 atom stereocenters. The van der Waals surface area contributed by atoms with E-state index in [4.69, 9.17) is 4.74 Å². The smallest absolute Gasteiger partial charge is 0.340 e. The molecule has 0 fully saturated rings. The second-order valence-electron chi connectivity index (χ2n) is 2.77. The number of rotatable bonds is 3. The minimum Gasteiger partial charge on any atom is -0.495 e. The van der Waals surface area contributed by atoms with Gasteiger partial charge in [-0.1, -0.05) is 15.9 Å². The molecule has 0 radical (unpaired) electrons. The molecule has 1 N–H and O–H groups in total. The number of esters is 1. The van der Waals surface area contributed by atoms with Crippen LogP contribution in [0, 0.1) is 0 Å². The Labute approximate surface area is 96.7 Å². The molecule has 0 aromatic heterocycles. The van der Waals surface area contributed by atoms with Gasteiger partial charge in [0.2, 0.25) is 0 Å². The number of methoxy groups -OCH3 is 2. The molecule has 0 saturated carbocycles. The van der Waals surface area contributed by atoms with E-state index in [2.05, 4.69) is 26.0 Å². The van der Waals surface area contributed by atoms with Crippen LogP contribution in [0.3, 0.4) is 0 Å². The second-order valence-corrected chi connectivity index (χ2v) is 3.69. The van der Waals surface area contributed by atoms with E-state index >= 15 is 0 Å². The summed E-state index contributed by atoms with van der Waals surface area (Å²) in [5.41, 5.74) is 1.05. The number of anilines is 1. The minimum absolute atomic E-state index is 0.404. The number of ether oxygens (including phenoxy) is 2. The van der Waals surface area contributed by atoms with E-state index in [1.54, 1.807) is 26.3 Å². The Balaban J connectivity index is 3.35. The molecule has 1 aromatic rings. The van der Waals surface area contributed by atoms with Crippen molar-refractivity contribution in [3.05, 3.63) is 22.2 Å². The third kappa shape index (κ3) is 2.41. The number of carbonyl (C=O) groups is 1. The molecule has 0 aliphatic carbocycles. The molecule has 0 bridgehead atoms. The maximum absolute atomic E-state index is 11.5. The van der Waals surface area contributed by atoms with Gasteiger partial charge in [0.05, 0.1) is 25.5 Å². The van der Waals surface area contributed by atoms with Gasteiger partial charge < -0.3 is 14.8 Å². The molecule has 0 spiro atoms. The first-order chi connectivity index (χ1) is 7.13. The zero-order valence-electron chi connectivity index (χ0n) is 8.76. The zero-order valence-corrected chi connectivity index (χ0v) is 10.3. The third-order valence-corrected chi connectivity index (χ3v) is 2.40. The van der Waals surface area contributed by atoms with E-state index in [0.717, 1.165) is 4.47 Å². The standard InChI is InChI=1S/C10H12BrNO3/c1-12-9-7(10(13)15-3)4-6(11)5-8(9)14-2/h4-5,12H,1-3H3. The summed E-state index contributed by atoms with van der Waals surface area (Å²) in [4.78, 5) is 11.5. The highest BCUT2D eigenvalue weighted by atomic mass is 79.9. The summed E-state index contributed by atoms with van der Waals surface area (Å²) in [5.74, 6) is 0.186. The van der Waals surface area contributed by atoms with Crippen molar-refractivity contribution >= 4 is 27.6 Å². The van der Waals surface area contributed by atoms with Crippen LogP contribution in [0.4, 0.5) is 5.69 Å². The SMILES string of the molecule is CNc1c(OC)cc(Br)cc1C(=O)OC. The van der Waals surface area contributed by atoms with E-state index < -0.39 is 5.97 Å². The van der Waals surface area contributed by atoms with Gasteiger partial charge in [0.15, 0.2) is 0 Å². The Morgan fingerprint density at radius 1 is 1.40 bits per heavy atom. The highest BCUT2D eigenvalue weighted by Gasteiger charge is 2.16. The van der Waals surface area contributed by atoms with Crippen molar-refractivity contribution in [2.75, 3.05) is 26.6 Å². The van der Waals surface area contributed by atoms with Gasteiger partial charge in [0.25, 0.3) is 0 Å². The maximum Gasteiger partial charge on any atom is 0.340 e. The summed E-state index contributed by atoms with van der Waals surface area (Å²) >= 11 is 3.30. The predicted molar refractivity (Wildman–Crippen MR) is 61.6 cm³/mol. The van der Waals surface area contributed by atoms with Crippen LogP contribution in [0.1, 0.15) is 10.4 Å². The number of halogens is 1. The fourth-order valence-electron chi connectivity index (χ4n) is 1.27. The van der Waals surface area contributed by atoms with Gasteiger partial charge >= 0.3 is 5.97 Å². The maximum atomic E-state index is 11.5. The molecule has 0 aliphatic heterocycles. The highest BCUT2D eigenvalue weighted by molar-refractivity contribution is 9.10. The van der Waals surface area contributed by atoms with Crippen LogP contribution in [-0.2, 0) is 4.74 Å². The summed E-state index contributed by atoms with van der Waals surface area (Å²) in [6.45, 7) is 0. The molecule has 4 nitrogen and oxygen atoms in total. The normalized spacial score (nSPS) is 9.60. The average Bonchev–Trinajstić information content (AvgIpc) is 2.26. The number of hydrogen-bond acceptors (Lipinski definition) is 4. The van der Waals surface area contributed by atoms with Crippen LogP contribution in [0.15, 0.2) is 16.6 Å². The van der Waals surface area contributed by atoms with Crippen LogP contribution in [-0.4, -0.2) is 27.2 Å². The van der Waals surface area contributed by atoms with Gasteiger partial charge in [0.1, 0.15) is 5.75 Å². The van der Waals surface area contributed by atoms with Gasteiger partial charge in [0, 0.05) is 11.5 Å². The predicted octanol–water partition coefficient (Wildman–Crippen LogP) is 2.29. The van der Waals surface area contributed by atoms with Crippen molar-refractivity contribution in [2.45, 2.75) is 0 Å². The first-order valence-corrected chi connectivity index (χ1v) is 5.07. The molecule has 0 aliphatic rings. The summed E-state index contributed by atoms with van der Waals surface area (Å²) in [6, 6.07) is 3.46. The summed E-state index contributed by atoms with van der Waals surface area (Å²) < 4.78 is 10.6. The van der Waals surface area contributed by atoms with E-state index in [-0.39, 0.29) is 0 Å². The quantitative estimate of drug-likeness (QED) is 0.859. The molecular weight excluding hydrogens is 262 g/mol. The molecule has 0 amide bonds. The lowest BCUT2D eigenvalue weighted by atomic mass is 10.1. The summed E-state index contributed by atoms with van der Waals surface area (Å²) in [5, 5.41) is 2.91. The molecule has 1 aromatic carbocycles. The Morgan fingerprint density at radius 3 is 2.53 bits per heavy atom. The first-order valence-electron chi connectivity index (χ1n) is 4.27. The monoisotopic (exact) mass is 273 g/mol. The minimum atomic E-state index is -0.404. The number of nitrogens with one attached hydrogen (secondary N) is 1. The van der Waals surface area contributed by atoms with Crippen LogP contribution >= 0.6 is 15.9 Å². The van der Waals surface area contributed by atoms with E-state index in [1.807, 2.05) is 0 Å². The van der Waals surface area contributed by atoms with Gasteiger partial charge in [-0.15, -0.1) is 0 Å². The van der Waals surface area contributed by atoms with Gasteiger partial charge in [-0.25, -0.2) is 4.79 Å². The van der Waals surface area contributed by atoms with Crippen LogP contribution < -0.4 is 10.1 Å². The topological polar surface area (TPSA) is 47.6 Å². The van der Waals surface area contributed by atoms with E-state index in [9.17, 15) is 4.79 Å². The fourth-order valence-corrected chi connectivity index (χ4v) is 1.71. The Bertz CT molecular complexity index is 379. The average molecular weight is 274 g/mol. The van der Waals surface area contributed by atoms with Crippen molar-refractivity contribution in [2.24, 2.45) is 0 Å². The fraction of sp³-hybridized carbons (Fsp3) is 0.300. The molecule has 1 rings (SSSR count). The lowest BCUT2D eigenvalue weighted by Crippen LogP contribution is -2.07. The zero-order chi connectivity index (χ0) is 11.4. The first kappa shape index (κ1) is 11.8. The molecule has 0 saturated heterocycles. The Morgan fingerprint density at radius 2 is 2.07 bits per heavy atom. The Hall–Kier alpha value is -1.23. The Kier molecular flexibility index (Phi) is 3.96. The van der Waals surface area contributed by atoms with Crippen molar-refractivity contribution in [3.8, 4) is 5.75 Å². The number of carbonyl (C=O) groups excluding carboxylic acids is 1. The highest BCUT2D eigenvalue weighted by Crippen LogP contribution is 2.32. The van der Waals surface area contributed by atoms with Crippen LogP contribution in [0.25, 0.3) is 0 Å². The second kappa shape index (κ2) is 5.02. The lowest BCUT2D eigenvalue weighted by Gasteiger charge is -2.12. The van der Waals surface area contributed by atoms with E-state index in [0.29, 0.717) is 17.0 Å². The molecule has 15 heavy (non-hydrogen) atoms. The molecule has 0 heterocycles. The number of benzene rings is 1. The largest absolute Gasteiger partial charge is 0.495 e. The molecular formula is C10H12BrNO3. The van der Waals surface area contributed by atoms with Gasteiger partial charge in [-0.05, 0) is 12.1 Å². The van der Waals surface area contributed by atoms with Gasteiger partial charge in [-0.2, -0.15) is 0 Å². The van der Waals surface area contributed by atoms with Crippen molar-refractivity contribution in [1.29, 1.82) is 0 Å². The van der Waals surface area contributed by atoms with Crippen molar-refractivity contribution < 1.29 is 14.3 Å². The lowest BCUT2D eigenvalue weighted by molar-refractivity contribution is 0.0601. The van der Waals surface area contributed by atoms with Crippen LogP contribution in [0.2, 0.25) is 0 Å². The third-order valence-electron chi connectivity index (χ3n) is 1.94. The van der Waals surface area contributed by atoms with Crippen molar-refractivity contribution in [3.63, 3.8) is 0 Å². The number of hydrogen-bond donors (Lipinski definition) is 1. The molecule has 5 heteroatoms. The summed E-state index contributed by atoms with van der Waals surface area (Å²) in [6.07, 6.45) is 0. The summed E-state index contributed by atoms with van der Waals surface area (Å²) in [7, 11) is 4.61. The molecule has 82 valence electrons. The van der Waals surface area contributed by atoms with Gasteiger partial charge in [-0.3, -0.25) is 0 Å². The van der Waals surface area contributed by atoms with Crippen molar-refractivity contribution in [1.82, 2.24) is 0 Å². The molecule has 0 unspecified atom stereocenters. The van der Waals surface area contributed by atoms with Crippen LogP contribution in [0.5, 0.6) is 5.75 Å².